The summed E-state index contributed by atoms with van der Waals surface area (Å²) in [5, 5.41) is 7.87. The topological polar surface area (TPSA) is 135 Å². The van der Waals surface area contributed by atoms with E-state index >= 15 is 0 Å². The first-order valence-electron chi connectivity index (χ1n) is 6.16. The third-order valence-electron chi connectivity index (χ3n) is 3.04. The van der Waals surface area contributed by atoms with Crippen molar-refractivity contribution in [2.45, 2.75) is 14.7 Å². The van der Waals surface area contributed by atoms with Gasteiger partial charge >= 0.3 is 5.97 Å². The Morgan fingerprint density at radius 3 is 1.96 bits per heavy atom. The Labute approximate surface area is 152 Å². The monoisotopic (exact) mass is 426 g/mol. The molecule has 2 N–H and O–H groups in total. The Hall–Kier alpha value is -1.69. The van der Waals surface area contributed by atoms with Gasteiger partial charge in [0.2, 0.25) is 9.84 Å². The average Bonchev–Trinajstić information content (AvgIpc) is 2.53. The van der Waals surface area contributed by atoms with Crippen LogP contribution in [-0.4, -0.2) is 32.6 Å². The zero-order valence-corrected chi connectivity index (χ0v) is 15.0. The van der Waals surface area contributed by atoms with Crippen molar-refractivity contribution in [1.82, 2.24) is 0 Å². The molecular formula is C13H8Cl2O8S2. The summed E-state index contributed by atoms with van der Waals surface area (Å²) in [5.74, 6) is -1.28. The number of carbonyl (C=O) groups is 1. The van der Waals surface area contributed by atoms with Crippen LogP contribution in [0.2, 0.25) is 10.0 Å². The van der Waals surface area contributed by atoms with Gasteiger partial charge in [-0.2, -0.15) is 13.7 Å². The van der Waals surface area contributed by atoms with Crippen LogP contribution in [0.4, 0.5) is 0 Å². The van der Waals surface area contributed by atoms with Gasteiger partial charge in [0.1, 0.15) is 4.90 Å². The maximum Gasteiger partial charge on any atom is 0.374 e. The summed E-state index contributed by atoms with van der Waals surface area (Å²) in [5.41, 5.74) is -0.422. The summed E-state index contributed by atoms with van der Waals surface area (Å²) in [7, 11) is -9.06. The quantitative estimate of drug-likeness (QED) is 0.432. The number of carbonyl (C=O) groups excluding carboxylic acids is 1. The lowest BCUT2D eigenvalue weighted by atomic mass is 10.2. The van der Waals surface area contributed by atoms with Crippen molar-refractivity contribution < 1.29 is 36.3 Å². The fourth-order valence-corrected chi connectivity index (χ4v) is 4.44. The molecule has 2 aromatic carbocycles. The number of halogens is 2. The van der Waals surface area contributed by atoms with E-state index in [2.05, 4.69) is 4.89 Å². The van der Waals surface area contributed by atoms with Gasteiger partial charge in [-0.05, 0) is 36.4 Å². The fourth-order valence-electron chi connectivity index (χ4n) is 1.86. The number of rotatable bonds is 4. The van der Waals surface area contributed by atoms with Crippen LogP contribution in [0.1, 0.15) is 10.4 Å². The van der Waals surface area contributed by atoms with Gasteiger partial charge in [-0.1, -0.05) is 23.2 Å². The van der Waals surface area contributed by atoms with Crippen molar-refractivity contribution in [3.8, 4) is 0 Å². The predicted octanol–water partition coefficient (Wildman–Crippen LogP) is 2.70. The van der Waals surface area contributed by atoms with Crippen LogP contribution in [-0.2, 0) is 24.8 Å². The van der Waals surface area contributed by atoms with Crippen molar-refractivity contribution in [2.75, 3.05) is 0 Å². The standard InChI is InChI=1S/C13H8Cl2O8S2/c14-10-3-1-7(5-9(10)13(16)23-17)24(18,19)8-2-4-11(15)12(6-8)25(20,21)22/h1-6,17H,(H,20,21,22). The van der Waals surface area contributed by atoms with Crippen molar-refractivity contribution in [1.29, 1.82) is 0 Å². The Morgan fingerprint density at radius 2 is 1.44 bits per heavy atom. The van der Waals surface area contributed by atoms with Crippen LogP contribution in [0.25, 0.3) is 0 Å². The lowest BCUT2D eigenvalue weighted by Gasteiger charge is -2.09. The summed E-state index contributed by atoms with van der Waals surface area (Å²) in [6.45, 7) is 0. The van der Waals surface area contributed by atoms with Crippen LogP contribution in [0.15, 0.2) is 51.1 Å². The van der Waals surface area contributed by atoms with Crippen molar-refractivity contribution in [3.05, 3.63) is 52.0 Å². The van der Waals surface area contributed by atoms with Gasteiger partial charge in [-0.15, -0.1) is 0 Å². The van der Waals surface area contributed by atoms with Crippen LogP contribution in [0, 0.1) is 0 Å². The van der Waals surface area contributed by atoms with Crippen molar-refractivity contribution in [3.63, 3.8) is 0 Å². The summed E-state index contributed by atoms with van der Waals surface area (Å²) in [6, 6.07) is 5.67. The van der Waals surface area contributed by atoms with Gasteiger partial charge in [0.25, 0.3) is 10.1 Å². The largest absolute Gasteiger partial charge is 0.374 e. The molecule has 0 aliphatic heterocycles. The molecule has 25 heavy (non-hydrogen) atoms. The highest BCUT2D eigenvalue weighted by Gasteiger charge is 2.25. The second kappa shape index (κ2) is 6.90. The zero-order chi connectivity index (χ0) is 19.0. The molecule has 0 unspecified atom stereocenters. The molecule has 2 rings (SSSR count). The molecule has 12 heteroatoms. The SMILES string of the molecule is O=C(OO)c1cc(S(=O)(=O)c2ccc(Cl)c(S(=O)(=O)O)c2)ccc1Cl. The van der Waals surface area contributed by atoms with E-state index < -0.39 is 46.2 Å². The Morgan fingerprint density at radius 1 is 0.920 bits per heavy atom. The molecule has 134 valence electrons. The molecule has 8 nitrogen and oxygen atoms in total. The van der Waals surface area contributed by atoms with E-state index in [0.717, 1.165) is 30.3 Å². The van der Waals surface area contributed by atoms with Crippen molar-refractivity contribution >= 4 is 49.1 Å². The molecule has 2 aromatic rings. The summed E-state index contributed by atoms with van der Waals surface area (Å²) >= 11 is 11.4. The number of sulfone groups is 1. The predicted molar refractivity (Wildman–Crippen MR) is 86.2 cm³/mol. The van der Waals surface area contributed by atoms with Crippen LogP contribution in [0.5, 0.6) is 0 Å². The first-order valence-corrected chi connectivity index (χ1v) is 9.84. The van der Waals surface area contributed by atoms with Gasteiger partial charge in [-0.25, -0.2) is 13.2 Å². The van der Waals surface area contributed by atoms with E-state index in [9.17, 15) is 21.6 Å². The molecule has 0 spiro atoms. The van der Waals surface area contributed by atoms with Gasteiger partial charge in [0.05, 0.1) is 25.4 Å². The Bertz CT molecular complexity index is 1060. The molecule has 0 aromatic heterocycles. The number of benzene rings is 2. The highest BCUT2D eigenvalue weighted by atomic mass is 35.5. The summed E-state index contributed by atoms with van der Waals surface area (Å²) in [6.07, 6.45) is 0. The summed E-state index contributed by atoms with van der Waals surface area (Å²) < 4.78 is 56.9. The van der Waals surface area contributed by atoms with E-state index in [1.54, 1.807) is 0 Å². The Balaban J connectivity index is 2.66. The highest BCUT2D eigenvalue weighted by molar-refractivity contribution is 7.91. The highest BCUT2D eigenvalue weighted by Crippen LogP contribution is 2.30. The Kier molecular flexibility index (Phi) is 5.42. The minimum Gasteiger partial charge on any atom is -0.295 e. The van der Waals surface area contributed by atoms with Gasteiger partial charge in [0.15, 0.2) is 0 Å². The van der Waals surface area contributed by atoms with Crippen LogP contribution < -0.4 is 0 Å². The van der Waals surface area contributed by atoms with Gasteiger partial charge in [0, 0.05) is 0 Å². The lowest BCUT2D eigenvalue weighted by Crippen LogP contribution is -2.08. The molecule has 0 aliphatic rings. The number of hydrogen-bond acceptors (Lipinski definition) is 7. The third kappa shape index (κ3) is 3.94. The van der Waals surface area contributed by atoms with Gasteiger partial charge < -0.3 is 0 Å². The van der Waals surface area contributed by atoms with Crippen molar-refractivity contribution in [2.24, 2.45) is 0 Å². The molecule has 0 bridgehead atoms. The minimum atomic E-state index is -4.76. The molecule has 0 heterocycles. The molecule has 0 saturated carbocycles. The molecule has 0 saturated heterocycles. The smallest absolute Gasteiger partial charge is 0.295 e. The third-order valence-corrected chi connectivity index (χ3v) is 6.46. The second-order valence-corrected chi connectivity index (χ2v) is 8.75. The summed E-state index contributed by atoms with van der Waals surface area (Å²) in [4.78, 5) is 13.2. The first kappa shape index (κ1) is 19.6. The van der Waals surface area contributed by atoms with E-state index in [1.807, 2.05) is 0 Å². The maximum absolute atomic E-state index is 12.6. The van der Waals surface area contributed by atoms with E-state index in [-0.39, 0.29) is 10.0 Å². The maximum atomic E-state index is 12.6. The minimum absolute atomic E-state index is 0.173. The second-order valence-electron chi connectivity index (χ2n) is 4.59. The molecule has 0 fully saturated rings. The lowest BCUT2D eigenvalue weighted by molar-refractivity contribution is -0.182. The normalized spacial score (nSPS) is 12.0. The van der Waals surface area contributed by atoms with Crippen LogP contribution >= 0.6 is 23.2 Å². The molecule has 0 aliphatic carbocycles. The average molecular weight is 427 g/mol. The zero-order valence-electron chi connectivity index (χ0n) is 11.9. The molecular weight excluding hydrogens is 419 g/mol. The van der Waals surface area contributed by atoms with E-state index in [1.165, 1.54) is 0 Å². The van der Waals surface area contributed by atoms with E-state index in [0.29, 0.717) is 6.07 Å². The molecule has 0 amide bonds. The van der Waals surface area contributed by atoms with Crippen LogP contribution in [0.3, 0.4) is 0 Å². The molecule has 0 radical (unpaired) electrons. The van der Waals surface area contributed by atoms with Gasteiger partial charge in [-0.3, -0.25) is 9.44 Å². The number of hydrogen-bond donors (Lipinski definition) is 2. The fraction of sp³-hybridized carbons (Fsp3) is 0. The van der Waals surface area contributed by atoms with E-state index in [4.69, 9.17) is 33.0 Å². The molecule has 0 atom stereocenters. The first-order chi connectivity index (χ1) is 11.5.